The first kappa shape index (κ1) is 11.4. The minimum atomic E-state index is 0.511. The van der Waals surface area contributed by atoms with Crippen LogP contribution in [0.3, 0.4) is 0 Å². The Morgan fingerprint density at radius 1 is 1.36 bits per heavy atom. The van der Waals surface area contributed by atoms with Crippen molar-refractivity contribution in [2.45, 2.75) is 13.8 Å². The quantitative estimate of drug-likeness (QED) is 0.600. The maximum atomic E-state index is 5.36. The maximum Gasteiger partial charge on any atom is 0.217 e. The summed E-state index contributed by atoms with van der Waals surface area (Å²) in [4.78, 5) is 8.19. The third-order valence-corrected chi connectivity index (χ3v) is 1.87. The van der Waals surface area contributed by atoms with Crippen molar-refractivity contribution in [1.82, 2.24) is 9.97 Å². The van der Waals surface area contributed by atoms with Crippen molar-refractivity contribution >= 4 is 15.9 Å². The number of aryl methyl sites for hydroxylation is 1. The first-order valence-corrected chi connectivity index (χ1v) is 5.23. The van der Waals surface area contributed by atoms with Crippen LogP contribution in [0.25, 0.3) is 0 Å². The molecule has 0 unspecified atom stereocenters. The molecule has 14 heavy (non-hydrogen) atoms. The molecule has 0 aliphatic heterocycles. The summed E-state index contributed by atoms with van der Waals surface area (Å²) >= 11 is 3.27. The van der Waals surface area contributed by atoms with E-state index in [1.54, 1.807) is 6.07 Å². The topological polar surface area (TPSA) is 44.2 Å². The first-order chi connectivity index (χ1) is 6.72. The summed E-state index contributed by atoms with van der Waals surface area (Å²) in [6.07, 6.45) is 0. The third-order valence-electron chi connectivity index (χ3n) is 1.46. The predicted octanol–water partition coefficient (Wildman–Crippen LogP) is 1.96. The second kappa shape index (κ2) is 5.93. The number of nitrogens with zero attached hydrogens (tertiary/aromatic N) is 2. The van der Waals surface area contributed by atoms with Crippen LogP contribution in [0, 0.1) is 6.92 Å². The summed E-state index contributed by atoms with van der Waals surface area (Å²) in [6.45, 7) is 5.56. The van der Waals surface area contributed by atoms with Crippen molar-refractivity contribution in [3.63, 3.8) is 0 Å². The molecule has 0 N–H and O–H groups in total. The highest BCUT2D eigenvalue weighted by molar-refractivity contribution is 9.10. The van der Waals surface area contributed by atoms with Crippen molar-refractivity contribution in [1.29, 1.82) is 0 Å². The largest absolute Gasteiger partial charge is 0.475 e. The molecular formula is C9H13BrN2O2. The Balaban J connectivity index is 2.42. The minimum Gasteiger partial charge on any atom is -0.475 e. The Hall–Kier alpha value is -0.680. The summed E-state index contributed by atoms with van der Waals surface area (Å²) in [7, 11) is 0. The van der Waals surface area contributed by atoms with Gasteiger partial charge in [0.05, 0.1) is 6.61 Å². The molecule has 1 heterocycles. The average Bonchev–Trinajstić information content (AvgIpc) is 2.11. The van der Waals surface area contributed by atoms with Gasteiger partial charge in [-0.1, -0.05) is 0 Å². The Bertz CT molecular complexity index is 274. The molecule has 5 heteroatoms. The molecule has 0 aliphatic rings. The monoisotopic (exact) mass is 260 g/mol. The van der Waals surface area contributed by atoms with Gasteiger partial charge < -0.3 is 9.47 Å². The summed E-state index contributed by atoms with van der Waals surface area (Å²) in [5, 5.41) is 0. The lowest BCUT2D eigenvalue weighted by molar-refractivity contribution is 0.108. The molecule has 4 nitrogen and oxygen atoms in total. The lowest BCUT2D eigenvalue weighted by atomic mass is 10.6. The molecule has 1 rings (SSSR count). The van der Waals surface area contributed by atoms with Gasteiger partial charge in [-0.05, 0) is 29.8 Å². The van der Waals surface area contributed by atoms with Gasteiger partial charge in [0.1, 0.15) is 17.0 Å². The van der Waals surface area contributed by atoms with Gasteiger partial charge in [-0.2, -0.15) is 4.98 Å². The number of hydrogen-bond acceptors (Lipinski definition) is 4. The molecule has 1 aromatic heterocycles. The van der Waals surface area contributed by atoms with E-state index in [0.29, 0.717) is 31.5 Å². The molecule has 0 saturated heterocycles. The standard InChI is InChI=1S/C9H13BrN2O2/c1-3-13-4-5-14-9-6-8(10)11-7(2)12-9/h6H,3-5H2,1-2H3. The fourth-order valence-electron chi connectivity index (χ4n) is 0.929. The van der Waals surface area contributed by atoms with Gasteiger partial charge in [0.15, 0.2) is 0 Å². The van der Waals surface area contributed by atoms with Crippen LogP contribution in [0.4, 0.5) is 0 Å². The van der Waals surface area contributed by atoms with Crippen LogP contribution < -0.4 is 4.74 Å². The van der Waals surface area contributed by atoms with Crippen LogP contribution in [-0.4, -0.2) is 29.8 Å². The van der Waals surface area contributed by atoms with Crippen molar-refractivity contribution in [3.05, 3.63) is 16.5 Å². The predicted molar refractivity (Wildman–Crippen MR) is 56.5 cm³/mol. The lowest BCUT2D eigenvalue weighted by Gasteiger charge is -2.05. The van der Waals surface area contributed by atoms with Crippen molar-refractivity contribution in [2.75, 3.05) is 19.8 Å². The Morgan fingerprint density at radius 3 is 2.79 bits per heavy atom. The van der Waals surface area contributed by atoms with E-state index in [9.17, 15) is 0 Å². The molecule has 0 amide bonds. The van der Waals surface area contributed by atoms with Crippen molar-refractivity contribution in [3.8, 4) is 5.88 Å². The molecule has 0 radical (unpaired) electrons. The third kappa shape index (κ3) is 4.02. The summed E-state index contributed by atoms with van der Waals surface area (Å²) in [5.74, 6) is 1.26. The first-order valence-electron chi connectivity index (χ1n) is 4.44. The van der Waals surface area contributed by atoms with Crippen LogP contribution in [0.5, 0.6) is 5.88 Å². The number of halogens is 1. The van der Waals surface area contributed by atoms with Crippen LogP contribution in [0.15, 0.2) is 10.7 Å². The molecule has 0 bridgehead atoms. The van der Waals surface area contributed by atoms with Crippen molar-refractivity contribution < 1.29 is 9.47 Å². The van der Waals surface area contributed by atoms with Gasteiger partial charge in [-0.25, -0.2) is 4.98 Å². The van der Waals surface area contributed by atoms with Gasteiger partial charge in [-0.15, -0.1) is 0 Å². The molecular weight excluding hydrogens is 248 g/mol. The molecule has 0 aromatic carbocycles. The maximum absolute atomic E-state index is 5.36. The number of rotatable bonds is 5. The van der Waals surface area contributed by atoms with Gasteiger partial charge in [0, 0.05) is 12.7 Å². The summed E-state index contributed by atoms with van der Waals surface area (Å²) in [6, 6.07) is 1.74. The van der Waals surface area contributed by atoms with E-state index in [4.69, 9.17) is 9.47 Å². The Morgan fingerprint density at radius 2 is 2.14 bits per heavy atom. The molecule has 0 atom stereocenters. The van der Waals surface area contributed by atoms with E-state index in [0.717, 1.165) is 4.60 Å². The zero-order valence-corrected chi connectivity index (χ0v) is 9.87. The van der Waals surface area contributed by atoms with Gasteiger partial charge in [0.2, 0.25) is 5.88 Å². The molecule has 0 spiro atoms. The highest BCUT2D eigenvalue weighted by Crippen LogP contribution is 2.13. The Kier molecular flexibility index (Phi) is 4.82. The van der Waals surface area contributed by atoms with E-state index in [1.165, 1.54) is 0 Å². The zero-order chi connectivity index (χ0) is 10.4. The molecule has 0 saturated carbocycles. The normalized spacial score (nSPS) is 10.2. The van der Waals surface area contributed by atoms with Crippen LogP contribution >= 0.6 is 15.9 Å². The fraction of sp³-hybridized carbons (Fsp3) is 0.556. The molecule has 1 aromatic rings. The molecule has 0 aliphatic carbocycles. The van der Waals surface area contributed by atoms with Gasteiger partial charge in [-0.3, -0.25) is 0 Å². The van der Waals surface area contributed by atoms with E-state index in [-0.39, 0.29) is 0 Å². The summed E-state index contributed by atoms with van der Waals surface area (Å²) < 4.78 is 11.2. The average molecular weight is 261 g/mol. The molecule has 78 valence electrons. The minimum absolute atomic E-state index is 0.511. The zero-order valence-electron chi connectivity index (χ0n) is 8.29. The van der Waals surface area contributed by atoms with E-state index in [1.807, 2.05) is 13.8 Å². The second-order valence-corrected chi connectivity index (χ2v) is 3.43. The molecule has 0 fully saturated rings. The Labute approximate surface area is 91.8 Å². The summed E-state index contributed by atoms with van der Waals surface area (Å²) in [5.41, 5.74) is 0. The highest BCUT2D eigenvalue weighted by atomic mass is 79.9. The van der Waals surface area contributed by atoms with Crippen LogP contribution in [-0.2, 0) is 4.74 Å². The van der Waals surface area contributed by atoms with Gasteiger partial charge >= 0.3 is 0 Å². The van der Waals surface area contributed by atoms with E-state index in [2.05, 4.69) is 25.9 Å². The van der Waals surface area contributed by atoms with Crippen LogP contribution in [0.1, 0.15) is 12.7 Å². The second-order valence-electron chi connectivity index (χ2n) is 2.62. The SMILES string of the molecule is CCOCCOc1cc(Br)nc(C)n1. The highest BCUT2D eigenvalue weighted by Gasteiger charge is 1.99. The van der Waals surface area contributed by atoms with Crippen molar-refractivity contribution in [2.24, 2.45) is 0 Å². The van der Waals surface area contributed by atoms with Crippen LogP contribution in [0.2, 0.25) is 0 Å². The fourth-order valence-corrected chi connectivity index (χ4v) is 1.38. The number of aromatic nitrogens is 2. The number of ether oxygens (including phenoxy) is 2. The number of hydrogen-bond donors (Lipinski definition) is 0. The lowest BCUT2D eigenvalue weighted by Crippen LogP contribution is -2.07. The van der Waals surface area contributed by atoms with E-state index >= 15 is 0 Å². The van der Waals surface area contributed by atoms with Gasteiger partial charge in [0.25, 0.3) is 0 Å². The van der Waals surface area contributed by atoms with E-state index < -0.39 is 0 Å². The smallest absolute Gasteiger partial charge is 0.217 e.